The van der Waals surface area contributed by atoms with Gasteiger partial charge >= 0.3 is 0 Å². The number of rotatable bonds is 3. The molecule has 8 heteroatoms. The molecule has 21 heavy (non-hydrogen) atoms. The second-order valence-corrected chi connectivity index (χ2v) is 4.95. The third kappa shape index (κ3) is 3.42. The molecule has 0 bridgehead atoms. The lowest BCUT2D eigenvalue weighted by atomic mass is 10.1. The van der Waals surface area contributed by atoms with Crippen molar-refractivity contribution in [3.63, 3.8) is 0 Å². The molecule has 0 saturated heterocycles. The molecule has 2 rings (SSSR count). The molecule has 0 aliphatic carbocycles. The minimum Gasteiger partial charge on any atom is -0.398 e. The number of non-ortho nitro benzene ring substituents is 1. The van der Waals surface area contributed by atoms with Crippen molar-refractivity contribution in [3.8, 4) is 0 Å². The van der Waals surface area contributed by atoms with Gasteiger partial charge in [-0.1, -0.05) is 23.2 Å². The Balaban J connectivity index is 2.34. The number of nitrogen functional groups attached to an aromatic ring is 1. The van der Waals surface area contributed by atoms with Crippen LogP contribution in [0.3, 0.4) is 0 Å². The molecule has 0 aliphatic heterocycles. The fourth-order valence-corrected chi connectivity index (χ4v) is 1.97. The second kappa shape index (κ2) is 5.99. The lowest BCUT2D eigenvalue weighted by Crippen LogP contribution is -2.14. The van der Waals surface area contributed by atoms with E-state index in [1.54, 1.807) is 6.07 Å². The lowest BCUT2D eigenvalue weighted by molar-refractivity contribution is -0.384. The highest BCUT2D eigenvalue weighted by molar-refractivity contribution is 6.36. The van der Waals surface area contributed by atoms with E-state index in [1.165, 1.54) is 24.3 Å². The summed E-state index contributed by atoms with van der Waals surface area (Å²) in [5.74, 6) is -0.611. The largest absolute Gasteiger partial charge is 0.398 e. The number of nitrogens with two attached hydrogens (primary N) is 1. The van der Waals surface area contributed by atoms with Gasteiger partial charge in [0.05, 0.1) is 21.2 Å². The number of amides is 1. The third-order valence-electron chi connectivity index (χ3n) is 2.67. The Morgan fingerprint density at radius 3 is 2.57 bits per heavy atom. The number of halogens is 2. The van der Waals surface area contributed by atoms with Crippen molar-refractivity contribution < 1.29 is 9.72 Å². The number of carbonyl (C=O) groups is 1. The van der Waals surface area contributed by atoms with Crippen molar-refractivity contribution >= 4 is 46.2 Å². The molecule has 2 aromatic carbocycles. The van der Waals surface area contributed by atoms with E-state index in [2.05, 4.69) is 5.32 Å². The average Bonchev–Trinajstić information content (AvgIpc) is 2.43. The number of hydrogen-bond acceptors (Lipinski definition) is 4. The maximum atomic E-state index is 12.2. The number of nitrogens with zero attached hydrogens (tertiary/aromatic N) is 1. The Kier molecular flexibility index (Phi) is 4.30. The molecule has 1 amide bonds. The molecule has 0 unspecified atom stereocenters. The van der Waals surface area contributed by atoms with E-state index >= 15 is 0 Å². The van der Waals surface area contributed by atoms with Crippen LogP contribution in [0.25, 0.3) is 0 Å². The van der Waals surface area contributed by atoms with Crippen molar-refractivity contribution in [3.05, 3.63) is 62.1 Å². The van der Waals surface area contributed by atoms with Gasteiger partial charge in [0.2, 0.25) is 0 Å². The molecule has 0 saturated carbocycles. The summed E-state index contributed by atoms with van der Waals surface area (Å²) in [5.41, 5.74) is 5.84. The average molecular weight is 326 g/mol. The normalized spacial score (nSPS) is 10.2. The summed E-state index contributed by atoms with van der Waals surface area (Å²) in [7, 11) is 0. The van der Waals surface area contributed by atoms with E-state index in [9.17, 15) is 14.9 Å². The summed E-state index contributed by atoms with van der Waals surface area (Å²) in [6.07, 6.45) is 0. The summed E-state index contributed by atoms with van der Waals surface area (Å²) < 4.78 is 0. The predicted molar refractivity (Wildman–Crippen MR) is 81.9 cm³/mol. The van der Waals surface area contributed by atoms with Crippen molar-refractivity contribution in [2.75, 3.05) is 11.1 Å². The van der Waals surface area contributed by atoms with Gasteiger partial charge < -0.3 is 11.1 Å². The monoisotopic (exact) mass is 325 g/mol. The molecule has 0 fully saturated rings. The second-order valence-electron chi connectivity index (χ2n) is 4.11. The van der Waals surface area contributed by atoms with E-state index in [0.29, 0.717) is 10.7 Å². The van der Waals surface area contributed by atoms with Crippen LogP contribution in [0.2, 0.25) is 10.0 Å². The highest BCUT2D eigenvalue weighted by Gasteiger charge is 2.16. The number of anilines is 2. The predicted octanol–water partition coefficient (Wildman–Crippen LogP) is 3.74. The molecule has 108 valence electrons. The van der Waals surface area contributed by atoms with Crippen LogP contribution in [0.5, 0.6) is 0 Å². The van der Waals surface area contributed by atoms with E-state index < -0.39 is 10.8 Å². The molecule has 2 aromatic rings. The zero-order valence-corrected chi connectivity index (χ0v) is 12.0. The minimum absolute atomic E-state index is 0.0137. The first-order chi connectivity index (χ1) is 9.88. The number of benzene rings is 2. The van der Waals surface area contributed by atoms with Gasteiger partial charge in [0.25, 0.3) is 11.6 Å². The van der Waals surface area contributed by atoms with Crippen molar-refractivity contribution in [2.45, 2.75) is 0 Å². The Morgan fingerprint density at radius 1 is 1.19 bits per heavy atom. The van der Waals surface area contributed by atoms with Gasteiger partial charge in [-0.25, -0.2) is 0 Å². The number of nitro benzene ring substituents is 1. The first kappa shape index (κ1) is 15.1. The maximum absolute atomic E-state index is 12.2. The first-order valence-electron chi connectivity index (χ1n) is 5.69. The molecule has 0 aromatic heterocycles. The lowest BCUT2D eigenvalue weighted by Gasteiger charge is -2.09. The zero-order valence-electron chi connectivity index (χ0n) is 10.5. The van der Waals surface area contributed by atoms with E-state index in [1.807, 2.05) is 0 Å². The van der Waals surface area contributed by atoms with Crippen LogP contribution in [-0.2, 0) is 0 Å². The molecular formula is C13H9Cl2N3O3. The Labute approximate surface area is 129 Å². The molecule has 3 N–H and O–H groups in total. The molecule has 0 spiro atoms. The van der Waals surface area contributed by atoms with Gasteiger partial charge in [-0.05, 0) is 24.3 Å². The topological polar surface area (TPSA) is 98.3 Å². The van der Waals surface area contributed by atoms with Crippen LogP contribution in [0, 0.1) is 10.1 Å². The smallest absolute Gasteiger partial charge is 0.270 e. The Morgan fingerprint density at radius 2 is 1.90 bits per heavy atom. The molecular weight excluding hydrogens is 317 g/mol. The van der Waals surface area contributed by atoms with Crippen molar-refractivity contribution in [1.29, 1.82) is 0 Å². The number of carbonyl (C=O) groups excluding carboxylic acids is 1. The Bertz CT molecular complexity index is 735. The van der Waals surface area contributed by atoms with Crippen LogP contribution >= 0.6 is 23.2 Å². The van der Waals surface area contributed by atoms with Gasteiger partial charge in [-0.15, -0.1) is 0 Å². The Hall–Kier alpha value is -2.31. The van der Waals surface area contributed by atoms with Crippen molar-refractivity contribution in [1.82, 2.24) is 0 Å². The number of hydrogen-bond donors (Lipinski definition) is 2. The number of nitrogens with one attached hydrogen (secondary N) is 1. The van der Waals surface area contributed by atoms with Crippen LogP contribution in [-0.4, -0.2) is 10.8 Å². The molecule has 0 radical (unpaired) electrons. The quantitative estimate of drug-likeness (QED) is 0.510. The molecule has 6 nitrogen and oxygen atoms in total. The first-order valence-corrected chi connectivity index (χ1v) is 6.44. The molecule has 0 aliphatic rings. The highest BCUT2D eigenvalue weighted by Crippen LogP contribution is 2.27. The zero-order chi connectivity index (χ0) is 15.6. The number of nitro groups is 1. The van der Waals surface area contributed by atoms with E-state index in [-0.39, 0.29) is 22.0 Å². The fourth-order valence-electron chi connectivity index (χ4n) is 1.64. The maximum Gasteiger partial charge on any atom is 0.270 e. The third-order valence-corrected chi connectivity index (χ3v) is 3.23. The van der Waals surface area contributed by atoms with Crippen LogP contribution in [0.1, 0.15) is 10.4 Å². The minimum atomic E-state index is -0.611. The van der Waals surface area contributed by atoms with E-state index in [0.717, 1.165) is 6.07 Å². The highest BCUT2D eigenvalue weighted by atomic mass is 35.5. The fraction of sp³-hybridized carbons (Fsp3) is 0. The summed E-state index contributed by atoms with van der Waals surface area (Å²) in [5, 5.41) is 13.9. The summed E-state index contributed by atoms with van der Waals surface area (Å²) in [6.45, 7) is 0. The summed E-state index contributed by atoms with van der Waals surface area (Å²) in [6, 6.07) is 8.18. The van der Waals surface area contributed by atoms with Gasteiger partial charge in [0.15, 0.2) is 0 Å². The van der Waals surface area contributed by atoms with Gasteiger partial charge in [0.1, 0.15) is 0 Å². The van der Waals surface area contributed by atoms with Gasteiger partial charge in [-0.2, -0.15) is 0 Å². The van der Waals surface area contributed by atoms with Crippen LogP contribution in [0.15, 0.2) is 36.4 Å². The molecule has 0 heterocycles. The van der Waals surface area contributed by atoms with Crippen molar-refractivity contribution in [2.24, 2.45) is 0 Å². The van der Waals surface area contributed by atoms with E-state index in [4.69, 9.17) is 28.9 Å². The SMILES string of the molecule is Nc1ccc([N+](=O)[O-])cc1C(=O)Nc1cc(Cl)ccc1Cl. The van der Waals surface area contributed by atoms with Gasteiger partial charge in [0, 0.05) is 22.8 Å². The van der Waals surface area contributed by atoms with Gasteiger partial charge in [-0.3, -0.25) is 14.9 Å². The van der Waals surface area contributed by atoms with Crippen LogP contribution < -0.4 is 11.1 Å². The van der Waals surface area contributed by atoms with Crippen LogP contribution in [0.4, 0.5) is 17.1 Å². The summed E-state index contributed by atoms with van der Waals surface area (Å²) >= 11 is 11.8. The standard InChI is InChI=1S/C13H9Cl2N3O3/c14-7-1-3-10(15)12(5-7)17-13(19)9-6-8(18(20)21)2-4-11(9)16/h1-6H,16H2,(H,17,19). The summed E-state index contributed by atoms with van der Waals surface area (Å²) in [4.78, 5) is 22.3. The molecule has 0 atom stereocenters.